The molecule has 0 aliphatic carbocycles. The third-order valence-corrected chi connectivity index (χ3v) is 5.00. The number of nitrogens with zero attached hydrogens (tertiary/aromatic N) is 1. The maximum absolute atomic E-state index is 11.9. The van der Waals surface area contributed by atoms with Crippen LogP contribution in [-0.2, 0) is 10.0 Å². The van der Waals surface area contributed by atoms with Gasteiger partial charge in [-0.1, -0.05) is 12.2 Å². The SMILES string of the molecule is C/C=C/C[C@H]1CN1S(=O)(=O)C(C)(C)C. The molecule has 0 bridgehead atoms. The van der Waals surface area contributed by atoms with Gasteiger partial charge in [-0.2, -0.15) is 4.31 Å². The largest absolute Gasteiger partial charge is 0.219 e. The summed E-state index contributed by atoms with van der Waals surface area (Å²) in [6.07, 6.45) is 4.81. The average Bonchev–Trinajstić information content (AvgIpc) is 2.77. The maximum Gasteiger partial charge on any atom is 0.219 e. The summed E-state index contributed by atoms with van der Waals surface area (Å²) in [4.78, 5) is 0. The van der Waals surface area contributed by atoms with Gasteiger partial charge in [-0.05, 0) is 34.1 Å². The standard InChI is InChI=1S/C10H19NO2S/c1-5-6-7-9-8-11(9)14(12,13)10(2,3)4/h5-6,9H,7-8H2,1-4H3/b6-5+/t9-,11?/m0/s1. The molecule has 2 atom stereocenters. The van der Waals surface area contributed by atoms with E-state index in [1.807, 2.05) is 19.1 Å². The van der Waals surface area contributed by atoms with E-state index in [0.717, 1.165) is 6.42 Å². The minimum Gasteiger partial charge on any atom is -0.212 e. The zero-order valence-corrected chi connectivity index (χ0v) is 10.1. The van der Waals surface area contributed by atoms with Gasteiger partial charge in [0.1, 0.15) is 0 Å². The fourth-order valence-electron chi connectivity index (χ4n) is 1.29. The highest BCUT2D eigenvalue weighted by Gasteiger charge is 2.48. The molecule has 0 aromatic carbocycles. The summed E-state index contributed by atoms with van der Waals surface area (Å²) in [6.45, 7) is 7.86. The van der Waals surface area contributed by atoms with Gasteiger partial charge in [-0.25, -0.2) is 8.42 Å². The molecule has 4 heteroatoms. The van der Waals surface area contributed by atoms with Crippen molar-refractivity contribution >= 4 is 10.0 Å². The highest BCUT2D eigenvalue weighted by atomic mass is 32.2. The molecule has 0 radical (unpaired) electrons. The van der Waals surface area contributed by atoms with Crippen LogP contribution in [0.2, 0.25) is 0 Å². The third kappa shape index (κ3) is 2.17. The predicted octanol–water partition coefficient (Wildman–Crippen LogP) is 1.77. The second kappa shape index (κ2) is 3.66. The van der Waals surface area contributed by atoms with E-state index in [4.69, 9.17) is 0 Å². The highest BCUT2D eigenvalue weighted by molar-refractivity contribution is 7.90. The first kappa shape index (κ1) is 11.7. The van der Waals surface area contributed by atoms with Gasteiger partial charge in [0.2, 0.25) is 10.0 Å². The molecular weight excluding hydrogens is 198 g/mol. The van der Waals surface area contributed by atoms with Crippen molar-refractivity contribution < 1.29 is 8.42 Å². The lowest BCUT2D eigenvalue weighted by molar-refractivity contribution is 0.516. The minimum atomic E-state index is -3.08. The Bertz CT molecular complexity index is 325. The Morgan fingerprint density at radius 3 is 2.43 bits per heavy atom. The van der Waals surface area contributed by atoms with Gasteiger partial charge in [-0.3, -0.25) is 0 Å². The third-order valence-electron chi connectivity index (χ3n) is 2.39. The maximum atomic E-state index is 11.9. The van der Waals surface area contributed by atoms with E-state index in [9.17, 15) is 8.42 Å². The predicted molar refractivity (Wildman–Crippen MR) is 58.6 cm³/mol. The summed E-state index contributed by atoms with van der Waals surface area (Å²) in [7, 11) is -3.08. The summed E-state index contributed by atoms with van der Waals surface area (Å²) >= 11 is 0. The minimum absolute atomic E-state index is 0.204. The Labute approximate surface area is 86.8 Å². The molecule has 1 fully saturated rings. The summed E-state index contributed by atoms with van der Waals surface area (Å²) < 4.78 is 24.7. The van der Waals surface area contributed by atoms with E-state index in [0.29, 0.717) is 6.54 Å². The molecular formula is C10H19NO2S. The Balaban J connectivity index is 2.63. The van der Waals surface area contributed by atoms with Gasteiger partial charge in [0.25, 0.3) is 0 Å². The number of hydrogen-bond acceptors (Lipinski definition) is 2. The highest BCUT2D eigenvalue weighted by Crippen LogP contribution is 2.32. The van der Waals surface area contributed by atoms with Gasteiger partial charge in [-0.15, -0.1) is 0 Å². The van der Waals surface area contributed by atoms with E-state index < -0.39 is 14.8 Å². The van der Waals surface area contributed by atoms with Crippen LogP contribution in [0.15, 0.2) is 12.2 Å². The lowest BCUT2D eigenvalue weighted by Crippen LogP contribution is -2.34. The van der Waals surface area contributed by atoms with Crippen molar-refractivity contribution in [3.8, 4) is 0 Å². The van der Waals surface area contributed by atoms with Crippen LogP contribution in [0.25, 0.3) is 0 Å². The molecule has 1 aliphatic heterocycles. The number of hydrogen-bond donors (Lipinski definition) is 0. The molecule has 1 unspecified atom stereocenters. The molecule has 0 saturated carbocycles. The molecule has 1 saturated heterocycles. The van der Waals surface area contributed by atoms with E-state index >= 15 is 0 Å². The van der Waals surface area contributed by atoms with Crippen molar-refractivity contribution in [2.24, 2.45) is 0 Å². The molecule has 82 valence electrons. The Hall–Kier alpha value is -0.350. The topological polar surface area (TPSA) is 37.1 Å². The first-order valence-corrected chi connectivity index (χ1v) is 6.37. The fraction of sp³-hybridized carbons (Fsp3) is 0.800. The normalized spacial score (nSPS) is 28.3. The molecule has 14 heavy (non-hydrogen) atoms. The van der Waals surface area contributed by atoms with Gasteiger partial charge in [0.15, 0.2) is 0 Å². The molecule has 0 N–H and O–H groups in total. The Kier molecular flexibility index (Phi) is 3.07. The van der Waals surface area contributed by atoms with Crippen molar-refractivity contribution in [2.45, 2.75) is 44.9 Å². The summed E-state index contributed by atoms with van der Waals surface area (Å²) in [6, 6.07) is 0.204. The van der Waals surface area contributed by atoms with E-state index in [1.165, 1.54) is 0 Å². The summed E-state index contributed by atoms with van der Waals surface area (Å²) in [5, 5.41) is 0. The molecule has 0 spiro atoms. The van der Waals surface area contributed by atoms with E-state index in [-0.39, 0.29) is 6.04 Å². The number of sulfonamides is 1. The van der Waals surface area contributed by atoms with Gasteiger partial charge in [0.05, 0.1) is 4.75 Å². The van der Waals surface area contributed by atoms with E-state index in [1.54, 1.807) is 25.1 Å². The van der Waals surface area contributed by atoms with Crippen molar-refractivity contribution in [2.75, 3.05) is 6.54 Å². The first-order chi connectivity index (χ1) is 6.30. The van der Waals surface area contributed by atoms with Crippen LogP contribution in [0.4, 0.5) is 0 Å². The number of allylic oxidation sites excluding steroid dienone is 1. The molecule has 0 aromatic rings. The Morgan fingerprint density at radius 2 is 2.00 bits per heavy atom. The summed E-state index contributed by atoms with van der Waals surface area (Å²) in [5.74, 6) is 0. The van der Waals surface area contributed by atoms with Crippen LogP contribution in [0, 0.1) is 0 Å². The van der Waals surface area contributed by atoms with Crippen molar-refractivity contribution in [1.82, 2.24) is 4.31 Å². The fourth-order valence-corrected chi connectivity index (χ4v) is 2.84. The quantitative estimate of drug-likeness (QED) is 0.533. The van der Waals surface area contributed by atoms with Gasteiger partial charge in [0, 0.05) is 12.6 Å². The zero-order valence-electron chi connectivity index (χ0n) is 9.32. The molecule has 0 amide bonds. The first-order valence-electron chi connectivity index (χ1n) is 4.93. The van der Waals surface area contributed by atoms with Crippen LogP contribution in [0.5, 0.6) is 0 Å². The van der Waals surface area contributed by atoms with Gasteiger partial charge >= 0.3 is 0 Å². The van der Waals surface area contributed by atoms with Gasteiger partial charge < -0.3 is 0 Å². The van der Waals surface area contributed by atoms with Crippen molar-refractivity contribution in [1.29, 1.82) is 0 Å². The lowest BCUT2D eigenvalue weighted by Gasteiger charge is -2.19. The molecule has 1 rings (SSSR count). The Morgan fingerprint density at radius 1 is 1.43 bits per heavy atom. The van der Waals surface area contributed by atoms with E-state index in [2.05, 4.69) is 0 Å². The second-order valence-electron chi connectivity index (χ2n) is 4.65. The van der Waals surface area contributed by atoms with Crippen molar-refractivity contribution in [3.63, 3.8) is 0 Å². The summed E-state index contributed by atoms with van der Waals surface area (Å²) in [5.41, 5.74) is 0. The second-order valence-corrected chi connectivity index (χ2v) is 7.29. The van der Waals surface area contributed by atoms with Crippen LogP contribution in [-0.4, -0.2) is 30.1 Å². The number of rotatable bonds is 3. The van der Waals surface area contributed by atoms with Crippen LogP contribution in [0.1, 0.15) is 34.1 Å². The average molecular weight is 217 g/mol. The molecule has 3 nitrogen and oxygen atoms in total. The molecule has 1 heterocycles. The van der Waals surface area contributed by atoms with Crippen LogP contribution in [0.3, 0.4) is 0 Å². The van der Waals surface area contributed by atoms with Crippen LogP contribution >= 0.6 is 0 Å². The smallest absolute Gasteiger partial charge is 0.212 e. The lowest BCUT2D eigenvalue weighted by atomic mass is 10.3. The zero-order chi connectivity index (χ0) is 11.0. The molecule has 1 aliphatic rings. The van der Waals surface area contributed by atoms with Crippen LogP contribution < -0.4 is 0 Å². The van der Waals surface area contributed by atoms with Crippen molar-refractivity contribution in [3.05, 3.63) is 12.2 Å². The molecule has 0 aromatic heterocycles. The monoisotopic (exact) mass is 217 g/mol.